The van der Waals surface area contributed by atoms with Crippen molar-refractivity contribution in [2.24, 2.45) is 0 Å². The molecule has 8 rings (SSSR count). The molecule has 0 saturated heterocycles. The Kier molecular flexibility index (Phi) is 6.54. The van der Waals surface area contributed by atoms with E-state index in [9.17, 15) is 0 Å². The van der Waals surface area contributed by atoms with Gasteiger partial charge in [0.2, 0.25) is 0 Å². The van der Waals surface area contributed by atoms with Crippen molar-refractivity contribution >= 4 is 0 Å². The highest BCUT2D eigenvalue weighted by atomic mass is 14.5. The van der Waals surface area contributed by atoms with Gasteiger partial charge in [0, 0.05) is 0 Å². The van der Waals surface area contributed by atoms with Gasteiger partial charge in [-0.2, -0.15) is 0 Å². The molecule has 0 unspecified atom stereocenters. The van der Waals surface area contributed by atoms with Crippen LogP contribution in [0.2, 0.25) is 0 Å². The zero-order valence-corrected chi connectivity index (χ0v) is 24.5. The second kappa shape index (κ2) is 11.0. The number of hydrogen-bond acceptors (Lipinski definition) is 0. The largest absolute Gasteiger partial charge is 0.0713 e. The lowest BCUT2D eigenvalue weighted by Gasteiger charge is -2.34. The minimum absolute atomic E-state index is 0.379. The Hall–Kier alpha value is -5.46. The smallest absolute Gasteiger partial charge is 0.0622 e. The van der Waals surface area contributed by atoms with Crippen molar-refractivity contribution in [2.45, 2.75) is 11.8 Å². The molecule has 0 bridgehead atoms. The number of hydrogen-bond donors (Lipinski definition) is 0. The van der Waals surface area contributed by atoms with Gasteiger partial charge in [0.25, 0.3) is 0 Å². The van der Waals surface area contributed by atoms with E-state index in [1.165, 1.54) is 66.8 Å². The first-order valence-electron chi connectivity index (χ1n) is 15.4. The normalized spacial score (nSPS) is 12.8. The van der Waals surface area contributed by atoms with Gasteiger partial charge in [0.05, 0.1) is 5.41 Å². The van der Waals surface area contributed by atoms with Gasteiger partial charge >= 0.3 is 0 Å². The summed E-state index contributed by atoms with van der Waals surface area (Å²) in [6.07, 6.45) is 0.917. The van der Waals surface area contributed by atoms with Crippen LogP contribution < -0.4 is 0 Å². The molecule has 208 valence electrons. The zero-order chi connectivity index (χ0) is 29.3. The lowest BCUT2D eigenvalue weighted by Crippen LogP contribution is -2.28. The van der Waals surface area contributed by atoms with E-state index in [2.05, 4.69) is 182 Å². The summed E-state index contributed by atoms with van der Waals surface area (Å²) >= 11 is 0. The molecule has 0 saturated carbocycles. The van der Waals surface area contributed by atoms with Gasteiger partial charge in [-0.15, -0.1) is 0 Å². The van der Waals surface area contributed by atoms with E-state index in [1.54, 1.807) is 0 Å². The molecule has 0 N–H and O–H groups in total. The van der Waals surface area contributed by atoms with Crippen molar-refractivity contribution in [3.8, 4) is 33.4 Å². The van der Waals surface area contributed by atoms with Gasteiger partial charge in [-0.3, -0.25) is 0 Å². The lowest BCUT2D eigenvalue weighted by molar-refractivity contribution is 0.769. The fourth-order valence-corrected chi connectivity index (χ4v) is 7.12. The van der Waals surface area contributed by atoms with Crippen LogP contribution in [0.4, 0.5) is 0 Å². The molecule has 1 aliphatic rings. The van der Waals surface area contributed by atoms with Gasteiger partial charge in [-0.1, -0.05) is 176 Å². The predicted octanol–water partition coefficient (Wildman–Crippen LogP) is 11.0. The molecule has 0 nitrogen and oxygen atoms in total. The molecule has 0 atom stereocenters. The van der Waals surface area contributed by atoms with Crippen LogP contribution in [0.25, 0.3) is 33.4 Å². The van der Waals surface area contributed by atoms with E-state index < -0.39 is 0 Å². The maximum absolute atomic E-state index is 2.44. The standard InChI is InChI=1S/C44H32/c1-4-12-34(13-5-1)35-24-20-32(21-25-35)30-33-22-26-36(27-23-33)37-28-29-41-40-18-10-11-19-42(40)44(43(41)31-37,38-14-6-2-7-15-38)39-16-8-3-9-17-39/h1-29,31H,30H2. The van der Waals surface area contributed by atoms with E-state index in [0.717, 1.165) is 6.42 Å². The zero-order valence-electron chi connectivity index (χ0n) is 24.5. The van der Waals surface area contributed by atoms with Gasteiger partial charge in [0.1, 0.15) is 0 Å². The third kappa shape index (κ3) is 4.39. The third-order valence-electron chi connectivity index (χ3n) is 9.21. The Morgan fingerprint density at radius 2 is 0.750 bits per heavy atom. The second-order valence-electron chi connectivity index (χ2n) is 11.7. The molecule has 0 amide bonds. The Morgan fingerprint density at radius 1 is 0.318 bits per heavy atom. The molecular formula is C44H32. The van der Waals surface area contributed by atoms with Gasteiger partial charge in [-0.05, 0) is 79.2 Å². The van der Waals surface area contributed by atoms with E-state index >= 15 is 0 Å². The van der Waals surface area contributed by atoms with Crippen molar-refractivity contribution in [1.82, 2.24) is 0 Å². The Bertz CT molecular complexity index is 2000. The van der Waals surface area contributed by atoms with E-state index in [-0.39, 0.29) is 5.41 Å². The molecule has 1 aliphatic carbocycles. The van der Waals surface area contributed by atoms with Crippen LogP contribution in [-0.4, -0.2) is 0 Å². The second-order valence-corrected chi connectivity index (χ2v) is 11.7. The summed E-state index contributed by atoms with van der Waals surface area (Å²) in [4.78, 5) is 0. The Labute approximate surface area is 259 Å². The van der Waals surface area contributed by atoms with Crippen LogP contribution in [0.1, 0.15) is 33.4 Å². The molecule has 0 fully saturated rings. The summed E-state index contributed by atoms with van der Waals surface area (Å²) in [7, 11) is 0. The van der Waals surface area contributed by atoms with Crippen LogP contribution in [0.3, 0.4) is 0 Å². The maximum Gasteiger partial charge on any atom is 0.0713 e. The van der Waals surface area contributed by atoms with Crippen LogP contribution in [0, 0.1) is 0 Å². The summed E-state index contributed by atoms with van der Waals surface area (Å²) in [6.45, 7) is 0. The summed E-state index contributed by atoms with van der Waals surface area (Å²) in [5.41, 5.74) is 15.2. The van der Waals surface area contributed by atoms with E-state index in [0.29, 0.717) is 0 Å². The first kappa shape index (κ1) is 26.2. The van der Waals surface area contributed by atoms with Gasteiger partial charge < -0.3 is 0 Å². The van der Waals surface area contributed by atoms with E-state index in [1.807, 2.05) is 0 Å². The van der Waals surface area contributed by atoms with Crippen molar-refractivity contribution in [2.75, 3.05) is 0 Å². The number of benzene rings is 7. The fourth-order valence-electron chi connectivity index (χ4n) is 7.12. The average molecular weight is 561 g/mol. The third-order valence-corrected chi connectivity index (χ3v) is 9.21. The molecule has 0 heteroatoms. The quantitative estimate of drug-likeness (QED) is 0.190. The minimum Gasteiger partial charge on any atom is -0.0622 e. The molecule has 0 radical (unpaired) electrons. The summed E-state index contributed by atoms with van der Waals surface area (Å²) in [6, 6.07) is 66.7. The van der Waals surface area contributed by atoms with Gasteiger partial charge in [-0.25, -0.2) is 0 Å². The van der Waals surface area contributed by atoms with E-state index in [4.69, 9.17) is 0 Å². The molecule has 0 spiro atoms. The molecule has 44 heavy (non-hydrogen) atoms. The number of rotatable bonds is 6. The molecule has 7 aromatic carbocycles. The van der Waals surface area contributed by atoms with Gasteiger partial charge in [0.15, 0.2) is 0 Å². The summed E-state index contributed by atoms with van der Waals surface area (Å²) in [5, 5.41) is 0. The minimum atomic E-state index is -0.379. The Balaban J connectivity index is 1.17. The molecular weight excluding hydrogens is 528 g/mol. The summed E-state index contributed by atoms with van der Waals surface area (Å²) < 4.78 is 0. The summed E-state index contributed by atoms with van der Waals surface area (Å²) in [5.74, 6) is 0. The van der Waals surface area contributed by atoms with Crippen molar-refractivity contribution in [3.63, 3.8) is 0 Å². The topological polar surface area (TPSA) is 0 Å². The molecule has 0 aliphatic heterocycles. The van der Waals surface area contributed by atoms with Crippen molar-refractivity contribution in [3.05, 3.63) is 215 Å². The monoisotopic (exact) mass is 560 g/mol. The first-order valence-corrected chi connectivity index (χ1v) is 15.4. The molecule has 7 aromatic rings. The highest BCUT2D eigenvalue weighted by molar-refractivity contribution is 5.88. The highest BCUT2D eigenvalue weighted by Crippen LogP contribution is 2.56. The lowest BCUT2D eigenvalue weighted by atomic mass is 9.67. The average Bonchev–Trinajstić information content (AvgIpc) is 3.40. The fraction of sp³-hybridized carbons (Fsp3) is 0.0455. The highest BCUT2D eigenvalue weighted by Gasteiger charge is 2.45. The van der Waals surface area contributed by atoms with Crippen LogP contribution in [-0.2, 0) is 11.8 Å². The van der Waals surface area contributed by atoms with Crippen LogP contribution in [0.5, 0.6) is 0 Å². The molecule has 0 heterocycles. The maximum atomic E-state index is 2.44. The van der Waals surface area contributed by atoms with Crippen LogP contribution in [0.15, 0.2) is 182 Å². The first-order chi connectivity index (χ1) is 21.8. The SMILES string of the molecule is c1ccc(-c2ccc(Cc3ccc(-c4ccc5c(c4)C(c4ccccc4)(c4ccccc4)c4ccccc4-5)cc3)cc2)cc1. The molecule has 0 aromatic heterocycles. The predicted molar refractivity (Wildman–Crippen MR) is 184 cm³/mol. The number of fused-ring (bicyclic) bond motifs is 3. The van der Waals surface area contributed by atoms with Crippen molar-refractivity contribution < 1.29 is 0 Å². The van der Waals surface area contributed by atoms with Crippen LogP contribution >= 0.6 is 0 Å². The Morgan fingerprint density at radius 3 is 1.34 bits per heavy atom. The van der Waals surface area contributed by atoms with Crippen molar-refractivity contribution in [1.29, 1.82) is 0 Å².